The number of nitrogens with two attached hydrogens (primary N) is 1. The summed E-state index contributed by atoms with van der Waals surface area (Å²) < 4.78 is 28.3. The molecule has 0 unspecified atom stereocenters. The first-order valence-electron chi connectivity index (χ1n) is 9.62. The molecule has 154 valence electrons. The fourth-order valence-corrected chi connectivity index (χ4v) is 3.77. The maximum Gasteiger partial charge on any atom is 0.148 e. The van der Waals surface area contributed by atoms with E-state index in [1.54, 1.807) is 0 Å². The molecule has 0 aliphatic carbocycles. The predicted octanol–water partition coefficient (Wildman–Crippen LogP) is 3.88. The Morgan fingerprint density at radius 2 is 1.80 bits per heavy atom. The van der Waals surface area contributed by atoms with Crippen LogP contribution in [0.25, 0.3) is 33.5 Å². The van der Waals surface area contributed by atoms with Crippen molar-refractivity contribution in [3.05, 3.63) is 72.5 Å². The van der Waals surface area contributed by atoms with Crippen LogP contribution in [0.3, 0.4) is 0 Å². The molecule has 0 aliphatic heterocycles. The molecule has 2 heterocycles. The van der Waals surface area contributed by atoms with Crippen LogP contribution in [0, 0.1) is 0 Å². The molecule has 0 aliphatic rings. The van der Waals surface area contributed by atoms with Gasteiger partial charge in [-0.2, -0.15) is 0 Å². The number of hydrogen-bond donors (Lipinski definition) is 2. The van der Waals surface area contributed by atoms with E-state index >= 15 is 0 Å². The molecule has 2 aromatic carbocycles. The third-order valence-electron chi connectivity index (χ3n) is 4.81. The lowest BCUT2D eigenvalue weighted by Gasteiger charge is -2.08. The summed E-state index contributed by atoms with van der Waals surface area (Å²) in [6, 6.07) is 21.5. The van der Waals surface area contributed by atoms with Gasteiger partial charge in [-0.25, -0.2) is 13.4 Å². The number of nitrogen functional groups attached to an aromatic ring is 1. The fourth-order valence-electron chi connectivity index (χ4n) is 3.26. The van der Waals surface area contributed by atoms with E-state index in [9.17, 15) is 8.42 Å². The molecule has 0 radical (unpaired) electrons. The third-order valence-corrected chi connectivity index (χ3v) is 5.75. The van der Waals surface area contributed by atoms with Gasteiger partial charge in [0.2, 0.25) is 0 Å². The average Bonchev–Trinajstić information content (AvgIpc) is 3.20. The summed E-state index contributed by atoms with van der Waals surface area (Å²) in [6.45, 7) is 0.851. The number of nitrogens with zero attached hydrogens (tertiary/aromatic N) is 1. The molecule has 0 bridgehead atoms. The second kappa shape index (κ2) is 8.30. The molecule has 6 nitrogen and oxygen atoms in total. The van der Waals surface area contributed by atoms with Gasteiger partial charge >= 0.3 is 0 Å². The number of fused-ring (bicyclic) bond motifs is 1. The van der Waals surface area contributed by atoms with Crippen LogP contribution < -0.4 is 11.1 Å². The van der Waals surface area contributed by atoms with Crippen LogP contribution in [0.15, 0.2) is 71.1 Å². The van der Waals surface area contributed by atoms with Crippen LogP contribution in [-0.2, 0) is 16.4 Å². The first kappa shape index (κ1) is 20.1. The van der Waals surface area contributed by atoms with E-state index in [1.807, 2.05) is 66.7 Å². The van der Waals surface area contributed by atoms with Crippen LogP contribution in [0.5, 0.6) is 0 Å². The minimum absolute atomic E-state index is 0.0997. The first-order chi connectivity index (χ1) is 14.4. The van der Waals surface area contributed by atoms with Gasteiger partial charge < -0.3 is 15.5 Å². The van der Waals surface area contributed by atoms with Crippen molar-refractivity contribution in [1.82, 2.24) is 10.3 Å². The van der Waals surface area contributed by atoms with Gasteiger partial charge in [0.15, 0.2) is 0 Å². The van der Waals surface area contributed by atoms with Crippen molar-refractivity contribution in [1.29, 1.82) is 0 Å². The summed E-state index contributed by atoms with van der Waals surface area (Å²) in [5, 5.41) is 3.95. The summed E-state index contributed by atoms with van der Waals surface area (Å²) in [6.07, 6.45) is 1.22. The molecule has 30 heavy (non-hydrogen) atoms. The van der Waals surface area contributed by atoms with E-state index < -0.39 is 9.84 Å². The Balaban J connectivity index is 1.54. The summed E-state index contributed by atoms with van der Waals surface area (Å²) in [5.74, 6) is 1.56. The normalized spacial score (nSPS) is 11.8. The van der Waals surface area contributed by atoms with Gasteiger partial charge in [-0.3, -0.25) is 0 Å². The monoisotopic (exact) mass is 421 g/mol. The Labute approximate surface area is 175 Å². The minimum Gasteiger partial charge on any atom is -0.460 e. The van der Waals surface area contributed by atoms with E-state index in [0.29, 0.717) is 18.8 Å². The Bertz CT molecular complexity index is 1280. The molecule has 2 aromatic heterocycles. The second-order valence-electron chi connectivity index (χ2n) is 7.27. The van der Waals surface area contributed by atoms with Crippen LogP contribution in [-0.4, -0.2) is 32.0 Å². The Morgan fingerprint density at radius 1 is 1.00 bits per heavy atom. The van der Waals surface area contributed by atoms with E-state index in [0.717, 1.165) is 39.2 Å². The van der Waals surface area contributed by atoms with Gasteiger partial charge in [0, 0.05) is 35.0 Å². The summed E-state index contributed by atoms with van der Waals surface area (Å²) in [5.41, 5.74) is 10.6. The van der Waals surface area contributed by atoms with Crippen molar-refractivity contribution in [2.24, 2.45) is 0 Å². The molecule has 0 saturated heterocycles. The predicted molar refractivity (Wildman–Crippen MR) is 121 cm³/mol. The zero-order valence-electron chi connectivity index (χ0n) is 16.6. The first-order valence-corrected chi connectivity index (χ1v) is 11.7. The Hall–Kier alpha value is -3.16. The Morgan fingerprint density at radius 3 is 2.57 bits per heavy atom. The van der Waals surface area contributed by atoms with Crippen molar-refractivity contribution in [2.75, 3.05) is 24.3 Å². The number of rotatable bonds is 7. The fraction of sp³-hybridized carbons (Fsp3) is 0.174. The SMILES string of the molecule is CS(=O)(=O)CCNCc1ccc(-c2ccc3nc(-c4ccccc4)cc(N)c3c2)o1. The molecule has 0 spiro atoms. The van der Waals surface area contributed by atoms with Crippen molar-refractivity contribution in [2.45, 2.75) is 6.54 Å². The molecule has 0 atom stereocenters. The molecule has 3 N–H and O–H groups in total. The van der Waals surface area contributed by atoms with Crippen LogP contribution in [0.2, 0.25) is 0 Å². The van der Waals surface area contributed by atoms with Gasteiger partial charge in [0.25, 0.3) is 0 Å². The zero-order chi connectivity index (χ0) is 21.1. The lowest BCUT2D eigenvalue weighted by Crippen LogP contribution is -2.21. The van der Waals surface area contributed by atoms with Gasteiger partial charge in [0.1, 0.15) is 21.4 Å². The highest BCUT2D eigenvalue weighted by atomic mass is 32.2. The molecular weight excluding hydrogens is 398 g/mol. The Kier molecular flexibility index (Phi) is 5.57. The zero-order valence-corrected chi connectivity index (χ0v) is 17.4. The van der Waals surface area contributed by atoms with Crippen molar-refractivity contribution in [3.8, 4) is 22.6 Å². The molecule has 4 rings (SSSR count). The summed E-state index contributed by atoms with van der Waals surface area (Å²) in [4.78, 5) is 4.75. The van der Waals surface area contributed by atoms with E-state index in [1.165, 1.54) is 6.26 Å². The molecule has 4 aromatic rings. The van der Waals surface area contributed by atoms with E-state index in [4.69, 9.17) is 15.1 Å². The third kappa shape index (κ3) is 4.69. The maximum absolute atomic E-state index is 11.2. The molecule has 7 heteroatoms. The molecule has 0 amide bonds. The highest BCUT2D eigenvalue weighted by Gasteiger charge is 2.10. The smallest absolute Gasteiger partial charge is 0.148 e. The lowest BCUT2D eigenvalue weighted by atomic mass is 10.0. The number of hydrogen-bond acceptors (Lipinski definition) is 6. The van der Waals surface area contributed by atoms with Crippen molar-refractivity contribution >= 4 is 26.4 Å². The number of benzene rings is 2. The quantitative estimate of drug-likeness (QED) is 0.440. The van der Waals surface area contributed by atoms with E-state index in [2.05, 4.69) is 5.32 Å². The van der Waals surface area contributed by atoms with Gasteiger partial charge in [-0.15, -0.1) is 0 Å². The van der Waals surface area contributed by atoms with Crippen LogP contribution in [0.1, 0.15) is 5.76 Å². The topological polar surface area (TPSA) is 98.2 Å². The number of pyridine rings is 1. The second-order valence-corrected chi connectivity index (χ2v) is 9.53. The van der Waals surface area contributed by atoms with Crippen molar-refractivity contribution in [3.63, 3.8) is 0 Å². The average molecular weight is 422 g/mol. The molecule has 0 saturated carbocycles. The maximum atomic E-state index is 11.2. The highest BCUT2D eigenvalue weighted by molar-refractivity contribution is 7.90. The number of furan rings is 1. The van der Waals surface area contributed by atoms with Crippen molar-refractivity contribution < 1.29 is 12.8 Å². The molecule has 0 fully saturated rings. The van der Waals surface area contributed by atoms with Gasteiger partial charge in [0.05, 0.1) is 23.5 Å². The minimum atomic E-state index is -2.97. The van der Waals surface area contributed by atoms with Gasteiger partial charge in [-0.05, 0) is 36.4 Å². The highest BCUT2D eigenvalue weighted by Crippen LogP contribution is 2.31. The van der Waals surface area contributed by atoms with Crippen LogP contribution >= 0.6 is 0 Å². The van der Waals surface area contributed by atoms with E-state index in [-0.39, 0.29) is 5.75 Å². The summed E-state index contributed by atoms with van der Waals surface area (Å²) in [7, 11) is -2.97. The van der Waals surface area contributed by atoms with Gasteiger partial charge in [-0.1, -0.05) is 30.3 Å². The largest absolute Gasteiger partial charge is 0.460 e. The standard InChI is InChI=1S/C23H23N3O3S/c1-30(27,28)12-11-25-15-18-8-10-23(29-18)17-7-9-21-19(13-17)20(24)14-22(26-21)16-5-3-2-4-6-16/h2-10,13-14,25H,11-12,15H2,1H3,(H2,24,26). The summed E-state index contributed by atoms with van der Waals surface area (Å²) >= 11 is 0. The number of anilines is 1. The number of nitrogens with one attached hydrogen (secondary N) is 1. The number of sulfone groups is 1. The van der Waals surface area contributed by atoms with Crippen LogP contribution in [0.4, 0.5) is 5.69 Å². The number of aromatic nitrogens is 1. The molecular formula is C23H23N3O3S. The lowest BCUT2D eigenvalue weighted by molar-refractivity contribution is 0.498.